The minimum absolute atomic E-state index is 0.287. The van der Waals surface area contributed by atoms with Crippen LogP contribution < -0.4 is 5.32 Å². The third-order valence-corrected chi connectivity index (χ3v) is 3.02. The van der Waals surface area contributed by atoms with Crippen molar-refractivity contribution in [2.45, 2.75) is 45.7 Å². The number of nitrogens with one attached hydrogen (secondary N) is 1. The Kier molecular flexibility index (Phi) is 7.99. The average molecular weight is 219 g/mol. The normalized spacial score (nSPS) is 15.1. The summed E-state index contributed by atoms with van der Waals surface area (Å²) in [4.78, 5) is 10.7. The number of hydrogen-bond donors (Lipinski definition) is 2. The van der Waals surface area contributed by atoms with Gasteiger partial charge in [-0.25, -0.2) is 0 Å². The number of rotatable bonds is 8. The Labute approximate surface area is 90.7 Å². The summed E-state index contributed by atoms with van der Waals surface area (Å²) in [5.41, 5.74) is 0. The second kappa shape index (κ2) is 8.12. The van der Waals surface area contributed by atoms with E-state index in [1.54, 1.807) is 0 Å². The molecule has 0 aromatic heterocycles. The summed E-state index contributed by atoms with van der Waals surface area (Å²) >= 11 is 1.89. The molecule has 0 saturated heterocycles. The van der Waals surface area contributed by atoms with Crippen molar-refractivity contribution in [2.24, 2.45) is 0 Å². The van der Waals surface area contributed by atoms with E-state index in [0.29, 0.717) is 6.42 Å². The molecule has 2 atom stereocenters. The average Bonchev–Trinajstić information content (AvgIpc) is 2.14. The first kappa shape index (κ1) is 13.8. The molecule has 0 aliphatic rings. The molecule has 0 saturated carbocycles. The Balaban J connectivity index is 3.67. The van der Waals surface area contributed by atoms with E-state index in [-0.39, 0.29) is 6.04 Å². The van der Waals surface area contributed by atoms with Gasteiger partial charge in [-0.15, -0.1) is 0 Å². The lowest BCUT2D eigenvalue weighted by Crippen LogP contribution is -2.41. The molecule has 4 heteroatoms. The highest BCUT2D eigenvalue weighted by atomic mass is 32.2. The van der Waals surface area contributed by atoms with Gasteiger partial charge in [0.15, 0.2) is 0 Å². The fraction of sp³-hybridized carbons (Fsp3) is 0.900. The van der Waals surface area contributed by atoms with Gasteiger partial charge >= 0.3 is 5.97 Å². The molecule has 84 valence electrons. The smallest absolute Gasteiger partial charge is 0.320 e. The third-order valence-electron chi connectivity index (χ3n) is 2.09. The molecule has 0 bridgehead atoms. The Bertz CT molecular complexity index is 164. The van der Waals surface area contributed by atoms with Gasteiger partial charge in [0.25, 0.3) is 0 Å². The molecule has 0 aliphatic heterocycles. The highest BCUT2D eigenvalue weighted by molar-refractivity contribution is 7.99. The molecule has 0 aliphatic carbocycles. The van der Waals surface area contributed by atoms with Crippen molar-refractivity contribution in [3.8, 4) is 0 Å². The molecule has 0 aromatic carbocycles. The van der Waals surface area contributed by atoms with Gasteiger partial charge in [0.2, 0.25) is 0 Å². The second-order valence-corrected chi connectivity index (χ2v) is 4.75. The van der Waals surface area contributed by atoms with Crippen LogP contribution in [0.2, 0.25) is 0 Å². The fourth-order valence-electron chi connectivity index (χ4n) is 1.19. The molecule has 0 spiro atoms. The Morgan fingerprint density at radius 3 is 2.57 bits per heavy atom. The summed E-state index contributed by atoms with van der Waals surface area (Å²) in [7, 11) is 0. The van der Waals surface area contributed by atoms with Crippen molar-refractivity contribution < 1.29 is 9.90 Å². The predicted molar refractivity (Wildman–Crippen MR) is 61.9 cm³/mol. The van der Waals surface area contributed by atoms with Crippen LogP contribution in [0.5, 0.6) is 0 Å². The first-order valence-electron chi connectivity index (χ1n) is 5.18. The minimum atomic E-state index is -0.748. The van der Waals surface area contributed by atoms with Crippen molar-refractivity contribution in [2.75, 3.05) is 11.5 Å². The molecule has 2 unspecified atom stereocenters. The van der Waals surface area contributed by atoms with Crippen LogP contribution in [0.1, 0.15) is 33.6 Å². The second-order valence-electron chi connectivity index (χ2n) is 3.35. The largest absolute Gasteiger partial charge is 0.480 e. The van der Waals surface area contributed by atoms with Gasteiger partial charge in [-0.2, -0.15) is 11.8 Å². The number of hydrogen-bond acceptors (Lipinski definition) is 3. The number of carbonyl (C=O) groups is 1. The van der Waals surface area contributed by atoms with Gasteiger partial charge in [-0.3, -0.25) is 4.79 Å². The Morgan fingerprint density at radius 1 is 1.50 bits per heavy atom. The number of thioether (sulfide) groups is 1. The van der Waals surface area contributed by atoms with Gasteiger partial charge in [0.1, 0.15) is 6.04 Å². The van der Waals surface area contributed by atoms with Crippen molar-refractivity contribution in [3.05, 3.63) is 0 Å². The van der Waals surface area contributed by atoms with Gasteiger partial charge in [-0.1, -0.05) is 13.8 Å². The summed E-state index contributed by atoms with van der Waals surface area (Å²) in [5, 5.41) is 11.9. The molecule has 2 N–H and O–H groups in total. The fourth-order valence-corrected chi connectivity index (χ4v) is 2.00. The topological polar surface area (TPSA) is 49.3 Å². The quantitative estimate of drug-likeness (QED) is 0.613. The molecule has 14 heavy (non-hydrogen) atoms. The highest BCUT2D eigenvalue weighted by Gasteiger charge is 2.16. The molecule has 3 nitrogen and oxygen atoms in total. The van der Waals surface area contributed by atoms with E-state index < -0.39 is 12.0 Å². The summed E-state index contributed by atoms with van der Waals surface area (Å²) in [5.74, 6) is 1.48. The highest BCUT2D eigenvalue weighted by Crippen LogP contribution is 2.05. The predicted octanol–water partition coefficient (Wildman–Crippen LogP) is 1.97. The molecule has 0 fully saturated rings. The Morgan fingerprint density at radius 2 is 2.14 bits per heavy atom. The van der Waals surface area contributed by atoms with Gasteiger partial charge < -0.3 is 10.4 Å². The summed E-state index contributed by atoms with van der Waals surface area (Å²) in [6.07, 6.45) is 1.67. The van der Waals surface area contributed by atoms with E-state index in [1.165, 1.54) is 0 Å². The first-order chi connectivity index (χ1) is 6.61. The van der Waals surface area contributed by atoms with E-state index in [4.69, 9.17) is 5.11 Å². The maximum atomic E-state index is 10.7. The van der Waals surface area contributed by atoms with Gasteiger partial charge in [-0.05, 0) is 31.3 Å². The lowest BCUT2D eigenvalue weighted by Gasteiger charge is -2.18. The molecule has 0 heterocycles. The van der Waals surface area contributed by atoms with Crippen LogP contribution in [0.3, 0.4) is 0 Å². The zero-order chi connectivity index (χ0) is 11.0. The van der Waals surface area contributed by atoms with E-state index >= 15 is 0 Å². The van der Waals surface area contributed by atoms with Crippen molar-refractivity contribution in [1.29, 1.82) is 0 Å². The SMILES string of the molecule is CCSCCC(C)NC(CC)C(=O)O. The summed E-state index contributed by atoms with van der Waals surface area (Å²) < 4.78 is 0. The maximum Gasteiger partial charge on any atom is 0.320 e. The van der Waals surface area contributed by atoms with Crippen LogP contribution in [0.15, 0.2) is 0 Å². The molecule has 0 rings (SSSR count). The Hall–Kier alpha value is -0.220. The van der Waals surface area contributed by atoms with E-state index in [9.17, 15) is 4.79 Å². The lowest BCUT2D eigenvalue weighted by molar-refractivity contribution is -0.139. The number of carboxylic acid groups (broad SMARTS) is 1. The molecular formula is C10H21NO2S. The zero-order valence-corrected chi connectivity index (χ0v) is 10.1. The molecule has 0 radical (unpaired) electrons. The molecule has 0 aromatic rings. The third kappa shape index (κ3) is 6.27. The summed E-state index contributed by atoms with van der Waals surface area (Å²) in [6.45, 7) is 6.07. The minimum Gasteiger partial charge on any atom is -0.480 e. The van der Waals surface area contributed by atoms with Crippen LogP contribution in [0.25, 0.3) is 0 Å². The number of aliphatic carboxylic acids is 1. The summed E-state index contributed by atoms with van der Waals surface area (Å²) in [6, 6.07) is -0.105. The van der Waals surface area contributed by atoms with E-state index in [2.05, 4.69) is 12.2 Å². The van der Waals surface area contributed by atoms with Crippen molar-refractivity contribution in [3.63, 3.8) is 0 Å². The van der Waals surface area contributed by atoms with Crippen LogP contribution in [0.4, 0.5) is 0 Å². The van der Waals surface area contributed by atoms with Gasteiger partial charge in [0, 0.05) is 6.04 Å². The van der Waals surface area contributed by atoms with Crippen molar-refractivity contribution >= 4 is 17.7 Å². The molecular weight excluding hydrogens is 198 g/mol. The van der Waals surface area contributed by atoms with Crippen LogP contribution in [-0.2, 0) is 4.79 Å². The lowest BCUT2D eigenvalue weighted by atomic mass is 10.2. The zero-order valence-electron chi connectivity index (χ0n) is 9.25. The van der Waals surface area contributed by atoms with Crippen LogP contribution in [-0.4, -0.2) is 34.7 Å². The van der Waals surface area contributed by atoms with Crippen LogP contribution >= 0.6 is 11.8 Å². The monoisotopic (exact) mass is 219 g/mol. The van der Waals surface area contributed by atoms with E-state index in [0.717, 1.165) is 17.9 Å². The standard InChI is InChI=1S/C10H21NO2S/c1-4-9(10(12)13)11-8(3)6-7-14-5-2/h8-9,11H,4-7H2,1-3H3,(H,12,13). The number of carboxylic acids is 1. The maximum absolute atomic E-state index is 10.7. The first-order valence-corrected chi connectivity index (χ1v) is 6.33. The van der Waals surface area contributed by atoms with Crippen LogP contribution in [0, 0.1) is 0 Å². The molecule has 0 amide bonds. The van der Waals surface area contributed by atoms with E-state index in [1.807, 2.05) is 25.6 Å². The van der Waals surface area contributed by atoms with Crippen molar-refractivity contribution in [1.82, 2.24) is 5.32 Å². The van der Waals surface area contributed by atoms with Gasteiger partial charge in [0.05, 0.1) is 0 Å².